The lowest BCUT2D eigenvalue weighted by Gasteiger charge is -1.85. The fourth-order valence-electron chi connectivity index (χ4n) is 0.622. The Morgan fingerprint density at radius 3 is 2.75 bits per heavy atom. The van der Waals surface area contributed by atoms with Crippen molar-refractivity contribution < 1.29 is 0 Å². The first-order valence-corrected chi connectivity index (χ1v) is 2.37. The van der Waals surface area contributed by atoms with Crippen molar-refractivity contribution in [3.8, 4) is 0 Å². The molecule has 2 N–H and O–H groups in total. The van der Waals surface area contributed by atoms with Crippen molar-refractivity contribution >= 4 is 0 Å². The summed E-state index contributed by atoms with van der Waals surface area (Å²) in [4.78, 5) is 3.21. The van der Waals surface area contributed by atoms with Crippen molar-refractivity contribution in [3.05, 3.63) is 35.0 Å². The summed E-state index contributed by atoms with van der Waals surface area (Å²) >= 11 is 0. The van der Waals surface area contributed by atoms with Gasteiger partial charge in [-0.1, -0.05) is 12.2 Å². The van der Waals surface area contributed by atoms with Crippen LogP contribution in [0, 0.1) is 6.57 Å². The lowest BCUT2D eigenvalue weighted by molar-refractivity contribution is 1.28. The molecule has 2 nitrogen and oxygen atoms in total. The minimum atomic E-state index is 0.625. The summed E-state index contributed by atoms with van der Waals surface area (Å²) in [5.74, 6) is 0. The van der Waals surface area contributed by atoms with E-state index in [0.29, 0.717) is 11.4 Å². The van der Waals surface area contributed by atoms with Crippen LogP contribution in [0.25, 0.3) is 4.85 Å². The highest BCUT2D eigenvalue weighted by Gasteiger charge is 2.03. The Morgan fingerprint density at radius 2 is 2.50 bits per heavy atom. The molecule has 0 aromatic heterocycles. The van der Waals surface area contributed by atoms with Gasteiger partial charge in [-0.05, 0) is 0 Å². The molecule has 0 unspecified atom stereocenters. The Kier molecular flexibility index (Phi) is 1.05. The van der Waals surface area contributed by atoms with E-state index in [1.54, 1.807) is 6.08 Å². The van der Waals surface area contributed by atoms with Crippen LogP contribution < -0.4 is 5.73 Å². The molecular formula is C6H6N2. The van der Waals surface area contributed by atoms with Crippen LogP contribution in [0.3, 0.4) is 0 Å². The molecule has 0 bridgehead atoms. The zero-order chi connectivity index (χ0) is 5.98. The number of hydrogen-bond acceptors (Lipinski definition) is 1. The Morgan fingerprint density at radius 1 is 1.75 bits per heavy atom. The van der Waals surface area contributed by atoms with E-state index in [4.69, 9.17) is 12.3 Å². The third-order valence-corrected chi connectivity index (χ3v) is 1.08. The molecule has 2 heteroatoms. The van der Waals surface area contributed by atoms with Crippen molar-refractivity contribution in [1.82, 2.24) is 0 Å². The fourth-order valence-corrected chi connectivity index (χ4v) is 0.622. The summed E-state index contributed by atoms with van der Waals surface area (Å²) in [6.45, 7) is 6.58. The fraction of sp³-hybridized carbons (Fsp3) is 0.167. The SMILES string of the molecule is [C-]#[N+]C1=C(N)C=CC1. The Balaban J connectivity index is 2.88. The summed E-state index contributed by atoms with van der Waals surface area (Å²) in [5, 5.41) is 0. The first-order valence-electron chi connectivity index (χ1n) is 2.37. The Hall–Kier alpha value is -1.23. The van der Waals surface area contributed by atoms with Crippen LogP contribution in [0.2, 0.25) is 0 Å². The van der Waals surface area contributed by atoms with E-state index >= 15 is 0 Å². The molecule has 0 amide bonds. The molecule has 0 heterocycles. The molecule has 0 aromatic carbocycles. The van der Waals surface area contributed by atoms with E-state index in [1.165, 1.54) is 0 Å². The third-order valence-electron chi connectivity index (χ3n) is 1.08. The second-order valence-electron chi connectivity index (χ2n) is 1.62. The molecule has 0 radical (unpaired) electrons. The van der Waals surface area contributed by atoms with Crippen molar-refractivity contribution in [2.24, 2.45) is 5.73 Å². The summed E-state index contributed by atoms with van der Waals surface area (Å²) in [5.41, 5.74) is 6.66. The van der Waals surface area contributed by atoms with Crippen molar-refractivity contribution in [2.75, 3.05) is 0 Å². The van der Waals surface area contributed by atoms with Crippen LogP contribution in [0.4, 0.5) is 0 Å². The predicted molar refractivity (Wildman–Crippen MR) is 31.6 cm³/mol. The number of nitrogens with two attached hydrogens (primary N) is 1. The van der Waals surface area contributed by atoms with Crippen LogP contribution in [0.15, 0.2) is 23.5 Å². The van der Waals surface area contributed by atoms with E-state index in [1.807, 2.05) is 6.08 Å². The molecule has 1 aliphatic carbocycles. The van der Waals surface area contributed by atoms with E-state index < -0.39 is 0 Å². The number of allylic oxidation sites excluding steroid dienone is 2. The maximum absolute atomic E-state index is 6.58. The first kappa shape index (κ1) is 4.92. The summed E-state index contributed by atoms with van der Waals surface area (Å²) < 4.78 is 0. The molecule has 0 spiro atoms. The van der Waals surface area contributed by atoms with Crippen LogP contribution in [-0.2, 0) is 0 Å². The van der Waals surface area contributed by atoms with Gasteiger partial charge in [-0.15, -0.1) is 0 Å². The minimum absolute atomic E-state index is 0.625. The average molecular weight is 106 g/mol. The molecule has 0 aromatic rings. The van der Waals surface area contributed by atoms with Gasteiger partial charge >= 0.3 is 0 Å². The lowest BCUT2D eigenvalue weighted by Crippen LogP contribution is -1.91. The molecule has 40 valence electrons. The number of hydrogen-bond donors (Lipinski definition) is 1. The average Bonchev–Trinajstić information content (AvgIpc) is 2.14. The van der Waals surface area contributed by atoms with Crippen molar-refractivity contribution in [1.29, 1.82) is 0 Å². The van der Waals surface area contributed by atoms with Gasteiger partial charge in [-0.3, -0.25) is 0 Å². The quantitative estimate of drug-likeness (QED) is 0.459. The molecule has 8 heavy (non-hydrogen) atoms. The van der Waals surface area contributed by atoms with Gasteiger partial charge in [0.1, 0.15) is 0 Å². The van der Waals surface area contributed by atoms with Gasteiger partial charge in [0, 0.05) is 12.1 Å². The van der Waals surface area contributed by atoms with E-state index in [2.05, 4.69) is 4.85 Å². The van der Waals surface area contributed by atoms with E-state index in [0.717, 1.165) is 6.42 Å². The van der Waals surface area contributed by atoms with Gasteiger partial charge in [0.2, 0.25) is 0 Å². The molecule has 1 aliphatic rings. The molecule has 0 aliphatic heterocycles. The maximum Gasteiger partial charge on any atom is 0.191 e. The number of nitrogens with zero attached hydrogens (tertiary/aromatic N) is 1. The zero-order valence-electron chi connectivity index (χ0n) is 4.39. The maximum atomic E-state index is 6.58. The van der Waals surface area contributed by atoms with Crippen LogP contribution in [0.1, 0.15) is 6.42 Å². The Labute approximate surface area is 48.1 Å². The normalized spacial score (nSPS) is 16.9. The molecular weight excluding hydrogens is 100 g/mol. The second-order valence-corrected chi connectivity index (χ2v) is 1.62. The topological polar surface area (TPSA) is 30.4 Å². The summed E-state index contributed by atoms with van der Waals surface area (Å²) in [7, 11) is 0. The smallest absolute Gasteiger partial charge is 0.191 e. The first-order chi connectivity index (χ1) is 3.84. The molecule has 0 saturated heterocycles. The highest BCUT2D eigenvalue weighted by molar-refractivity contribution is 5.34. The van der Waals surface area contributed by atoms with Crippen molar-refractivity contribution in [3.63, 3.8) is 0 Å². The highest BCUT2D eigenvalue weighted by Crippen LogP contribution is 2.14. The summed E-state index contributed by atoms with van der Waals surface area (Å²) in [6.07, 6.45) is 4.38. The zero-order valence-corrected chi connectivity index (χ0v) is 4.39. The monoisotopic (exact) mass is 106 g/mol. The van der Waals surface area contributed by atoms with E-state index in [9.17, 15) is 0 Å². The predicted octanol–water partition coefficient (Wildman–Crippen LogP) is 1.04. The van der Waals surface area contributed by atoms with Gasteiger partial charge in [0.25, 0.3) is 0 Å². The highest BCUT2D eigenvalue weighted by atomic mass is 14.7. The van der Waals surface area contributed by atoms with Crippen molar-refractivity contribution in [2.45, 2.75) is 6.42 Å². The van der Waals surface area contributed by atoms with Gasteiger partial charge in [-0.25, -0.2) is 4.85 Å². The van der Waals surface area contributed by atoms with Crippen LogP contribution in [-0.4, -0.2) is 0 Å². The number of rotatable bonds is 0. The third kappa shape index (κ3) is 0.584. The lowest BCUT2D eigenvalue weighted by atomic mass is 10.4. The molecule has 0 atom stereocenters. The standard InChI is InChI=1S/C6H6N2/c1-8-6-4-2-3-5(6)7/h2-3H,4,7H2. The largest absolute Gasteiger partial charge is 0.408 e. The summed E-state index contributed by atoms with van der Waals surface area (Å²) in [6, 6.07) is 0. The molecule has 1 rings (SSSR count). The van der Waals surface area contributed by atoms with Gasteiger partial charge in [0.05, 0.1) is 6.57 Å². The van der Waals surface area contributed by atoms with E-state index in [-0.39, 0.29) is 0 Å². The minimum Gasteiger partial charge on any atom is -0.408 e. The van der Waals surface area contributed by atoms with Crippen LogP contribution >= 0.6 is 0 Å². The molecule has 0 fully saturated rings. The second kappa shape index (κ2) is 1.71. The van der Waals surface area contributed by atoms with Gasteiger partial charge in [-0.2, -0.15) is 0 Å². The Bertz CT molecular complexity index is 193. The van der Waals surface area contributed by atoms with Gasteiger partial charge < -0.3 is 5.73 Å². The van der Waals surface area contributed by atoms with Crippen LogP contribution in [0.5, 0.6) is 0 Å². The van der Waals surface area contributed by atoms with Gasteiger partial charge in [0.15, 0.2) is 5.70 Å². The molecule has 0 saturated carbocycles.